The summed E-state index contributed by atoms with van der Waals surface area (Å²) in [7, 11) is -3.63. The normalized spacial score (nSPS) is 11.3. The molecule has 140 valence electrons. The molecular weight excluding hydrogens is 375 g/mol. The van der Waals surface area contributed by atoms with Crippen molar-refractivity contribution in [3.8, 4) is 0 Å². The molecule has 0 aliphatic carbocycles. The second kappa shape index (κ2) is 8.04. The third-order valence-corrected chi connectivity index (χ3v) is 5.32. The Morgan fingerprint density at radius 1 is 1.15 bits per heavy atom. The van der Waals surface area contributed by atoms with Gasteiger partial charge in [0.2, 0.25) is 0 Å². The average Bonchev–Trinajstić information content (AvgIpc) is 3.15. The van der Waals surface area contributed by atoms with E-state index in [4.69, 9.17) is 4.52 Å². The van der Waals surface area contributed by atoms with E-state index in [0.29, 0.717) is 5.69 Å². The highest BCUT2D eigenvalue weighted by Crippen LogP contribution is 2.13. The van der Waals surface area contributed by atoms with Gasteiger partial charge >= 0.3 is 11.8 Å². The largest absolute Gasteiger partial charge is 0.342 e. The molecule has 1 N–H and O–H groups in total. The third kappa shape index (κ3) is 4.94. The Bertz CT molecular complexity index is 1020. The summed E-state index contributed by atoms with van der Waals surface area (Å²) < 4.78 is 42.2. The Balaban J connectivity index is 1.57. The summed E-state index contributed by atoms with van der Waals surface area (Å²) in [6, 6.07) is 9.83. The van der Waals surface area contributed by atoms with Crippen molar-refractivity contribution in [1.29, 1.82) is 0 Å². The van der Waals surface area contributed by atoms with Gasteiger partial charge in [0, 0.05) is 12.6 Å². The lowest BCUT2D eigenvalue weighted by molar-refractivity contribution is 0.0906. The van der Waals surface area contributed by atoms with Gasteiger partial charge in [0.05, 0.1) is 22.9 Å². The standard InChI is InChI=1S/C17H15FN4O4S/c18-12-4-6-14(7-5-12)27(24,25)10-8-15-21-17(26-22-15)16(23)20-11-13-3-1-2-9-19-13/h1-7,9H,8,10-11H2,(H,20,23). The van der Waals surface area contributed by atoms with Gasteiger partial charge in [-0.15, -0.1) is 0 Å². The summed E-state index contributed by atoms with van der Waals surface area (Å²) in [5.74, 6) is -1.58. The molecule has 0 unspecified atom stereocenters. The summed E-state index contributed by atoms with van der Waals surface area (Å²) in [4.78, 5) is 20.0. The zero-order chi connectivity index (χ0) is 19.3. The number of carbonyl (C=O) groups is 1. The van der Waals surface area contributed by atoms with Crippen molar-refractivity contribution in [3.63, 3.8) is 0 Å². The number of hydrogen-bond acceptors (Lipinski definition) is 7. The van der Waals surface area contributed by atoms with E-state index >= 15 is 0 Å². The molecule has 3 aromatic rings. The molecule has 8 nitrogen and oxygen atoms in total. The third-order valence-electron chi connectivity index (χ3n) is 3.59. The number of nitrogens with one attached hydrogen (secondary N) is 1. The molecule has 0 aliphatic rings. The van der Waals surface area contributed by atoms with E-state index in [-0.39, 0.29) is 35.3 Å². The number of aryl methyl sites for hydroxylation is 1. The summed E-state index contributed by atoms with van der Waals surface area (Å²) in [6.07, 6.45) is 1.56. The van der Waals surface area contributed by atoms with Gasteiger partial charge in [-0.25, -0.2) is 12.8 Å². The fraction of sp³-hybridized carbons (Fsp3) is 0.176. The Hall–Kier alpha value is -3.14. The van der Waals surface area contributed by atoms with Gasteiger partial charge in [0.1, 0.15) is 5.82 Å². The van der Waals surface area contributed by atoms with Crippen molar-refractivity contribution in [2.45, 2.75) is 17.9 Å². The van der Waals surface area contributed by atoms with E-state index in [0.717, 1.165) is 12.1 Å². The molecule has 0 bridgehead atoms. The van der Waals surface area contributed by atoms with Gasteiger partial charge < -0.3 is 9.84 Å². The first-order valence-corrected chi connectivity index (χ1v) is 9.58. The molecule has 1 aromatic carbocycles. The maximum atomic E-state index is 12.9. The summed E-state index contributed by atoms with van der Waals surface area (Å²) in [5, 5.41) is 6.20. The molecule has 0 atom stereocenters. The van der Waals surface area contributed by atoms with E-state index in [1.807, 2.05) is 0 Å². The van der Waals surface area contributed by atoms with Crippen LogP contribution in [0.15, 0.2) is 58.1 Å². The summed E-state index contributed by atoms with van der Waals surface area (Å²) in [6.45, 7) is 0.191. The van der Waals surface area contributed by atoms with Crippen molar-refractivity contribution in [1.82, 2.24) is 20.4 Å². The Labute approximate surface area is 154 Å². The van der Waals surface area contributed by atoms with E-state index in [9.17, 15) is 17.6 Å². The first-order chi connectivity index (χ1) is 12.9. The minimum absolute atomic E-state index is 0.000669. The van der Waals surface area contributed by atoms with E-state index in [2.05, 4.69) is 20.4 Å². The Morgan fingerprint density at radius 2 is 1.93 bits per heavy atom. The molecule has 0 saturated heterocycles. The number of sulfone groups is 1. The van der Waals surface area contributed by atoms with Crippen LogP contribution in [0.1, 0.15) is 22.2 Å². The number of hydrogen-bond donors (Lipinski definition) is 1. The summed E-state index contributed by atoms with van der Waals surface area (Å²) in [5.41, 5.74) is 0.663. The van der Waals surface area contributed by atoms with Gasteiger partial charge in [-0.05, 0) is 36.4 Å². The number of nitrogens with zero attached hydrogens (tertiary/aromatic N) is 3. The Kier molecular flexibility index (Phi) is 5.55. The number of carbonyl (C=O) groups excluding carboxylic acids is 1. The first kappa shape index (κ1) is 18.6. The Morgan fingerprint density at radius 3 is 2.63 bits per heavy atom. The monoisotopic (exact) mass is 390 g/mol. The van der Waals surface area contributed by atoms with E-state index < -0.39 is 21.6 Å². The molecular formula is C17H15FN4O4S. The molecule has 3 rings (SSSR count). The second-order valence-electron chi connectivity index (χ2n) is 5.54. The lowest BCUT2D eigenvalue weighted by Crippen LogP contribution is -2.23. The highest BCUT2D eigenvalue weighted by atomic mass is 32.2. The fourth-order valence-electron chi connectivity index (χ4n) is 2.18. The summed E-state index contributed by atoms with van der Waals surface area (Å²) >= 11 is 0. The molecule has 2 aromatic heterocycles. The molecule has 0 fully saturated rings. The smallest absolute Gasteiger partial charge is 0.315 e. The number of benzene rings is 1. The predicted octanol–water partition coefficient (Wildman–Crippen LogP) is 1.55. The molecule has 2 heterocycles. The topological polar surface area (TPSA) is 115 Å². The van der Waals surface area contributed by atoms with Crippen molar-refractivity contribution in [2.75, 3.05) is 5.75 Å². The molecule has 0 aliphatic heterocycles. The van der Waals surface area contributed by atoms with E-state index in [1.165, 1.54) is 12.1 Å². The lowest BCUT2D eigenvalue weighted by Gasteiger charge is -2.02. The van der Waals surface area contributed by atoms with Crippen LogP contribution < -0.4 is 5.32 Å². The minimum atomic E-state index is -3.63. The zero-order valence-electron chi connectivity index (χ0n) is 14.0. The van der Waals surface area contributed by atoms with Crippen LogP contribution in [0, 0.1) is 5.82 Å². The molecule has 10 heteroatoms. The highest BCUT2D eigenvalue weighted by Gasteiger charge is 2.19. The molecule has 0 saturated carbocycles. The average molecular weight is 390 g/mol. The fourth-order valence-corrected chi connectivity index (χ4v) is 3.42. The molecule has 0 radical (unpaired) electrons. The van der Waals surface area contributed by atoms with Crippen molar-refractivity contribution >= 4 is 15.7 Å². The van der Waals surface area contributed by atoms with E-state index in [1.54, 1.807) is 24.4 Å². The maximum absolute atomic E-state index is 12.9. The maximum Gasteiger partial charge on any atom is 0.315 e. The number of rotatable bonds is 7. The van der Waals surface area contributed by atoms with Crippen LogP contribution in [0.25, 0.3) is 0 Å². The van der Waals surface area contributed by atoms with Crippen LogP contribution in [0.3, 0.4) is 0 Å². The molecule has 1 amide bonds. The van der Waals surface area contributed by atoms with Crippen LogP contribution in [0.5, 0.6) is 0 Å². The van der Waals surface area contributed by atoms with Crippen LogP contribution in [-0.4, -0.2) is 35.2 Å². The lowest BCUT2D eigenvalue weighted by atomic mass is 10.3. The van der Waals surface area contributed by atoms with Crippen LogP contribution >= 0.6 is 0 Å². The number of pyridine rings is 1. The number of amides is 1. The van der Waals surface area contributed by atoms with Crippen LogP contribution in [0.2, 0.25) is 0 Å². The van der Waals surface area contributed by atoms with Crippen molar-refractivity contribution < 1.29 is 22.1 Å². The number of halogens is 1. The second-order valence-corrected chi connectivity index (χ2v) is 7.65. The zero-order valence-corrected chi connectivity index (χ0v) is 14.8. The predicted molar refractivity (Wildman–Crippen MR) is 91.9 cm³/mol. The van der Waals surface area contributed by atoms with Crippen molar-refractivity contribution in [2.24, 2.45) is 0 Å². The number of aromatic nitrogens is 3. The van der Waals surface area contributed by atoms with Gasteiger partial charge in [-0.2, -0.15) is 4.98 Å². The highest BCUT2D eigenvalue weighted by molar-refractivity contribution is 7.91. The van der Waals surface area contributed by atoms with Gasteiger partial charge in [-0.3, -0.25) is 9.78 Å². The van der Waals surface area contributed by atoms with Gasteiger partial charge in [0.15, 0.2) is 15.7 Å². The molecule has 0 spiro atoms. The van der Waals surface area contributed by atoms with Crippen LogP contribution in [-0.2, 0) is 22.8 Å². The first-order valence-electron chi connectivity index (χ1n) is 7.93. The SMILES string of the molecule is O=C(NCc1ccccn1)c1nc(CCS(=O)(=O)c2ccc(F)cc2)no1. The minimum Gasteiger partial charge on any atom is -0.342 e. The van der Waals surface area contributed by atoms with Gasteiger partial charge in [-0.1, -0.05) is 11.2 Å². The quantitative estimate of drug-likeness (QED) is 0.609. The van der Waals surface area contributed by atoms with Crippen molar-refractivity contribution in [3.05, 3.63) is 71.9 Å². The van der Waals surface area contributed by atoms with Gasteiger partial charge in [0.25, 0.3) is 0 Å². The van der Waals surface area contributed by atoms with Crippen LogP contribution in [0.4, 0.5) is 4.39 Å². The molecule has 27 heavy (non-hydrogen) atoms.